The molecule has 1 saturated heterocycles. The van der Waals surface area contributed by atoms with Crippen LogP contribution >= 0.6 is 0 Å². The van der Waals surface area contributed by atoms with Crippen LogP contribution in [0.15, 0.2) is 42.5 Å². The van der Waals surface area contributed by atoms with E-state index in [1.165, 1.54) is 10.5 Å². The van der Waals surface area contributed by atoms with Crippen molar-refractivity contribution in [3.05, 3.63) is 59.2 Å². The predicted octanol–water partition coefficient (Wildman–Crippen LogP) is 4.91. The summed E-state index contributed by atoms with van der Waals surface area (Å²) in [5, 5.41) is 16.2. The first-order chi connectivity index (χ1) is 20.7. The molecule has 0 aromatic heterocycles. The van der Waals surface area contributed by atoms with E-state index in [-0.39, 0.29) is 30.3 Å². The summed E-state index contributed by atoms with van der Waals surface area (Å²) in [6.45, 7) is 9.52. The molecule has 0 radical (unpaired) electrons. The first kappa shape index (κ1) is 32.3. The van der Waals surface area contributed by atoms with Crippen molar-refractivity contribution < 1.29 is 29.0 Å². The lowest BCUT2D eigenvalue weighted by Gasteiger charge is -2.38. The fourth-order valence-corrected chi connectivity index (χ4v) is 6.02. The molecule has 2 aromatic carbocycles. The Morgan fingerprint density at radius 2 is 1.81 bits per heavy atom. The molecule has 1 heterocycles. The second-order valence-corrected chi connectivity index (χ2v) is 11.7. The van der Waals surface area contributed by atoms with Crippen molar-refractivity contribution in [3.63, 3.8) is 0 Å². The number of rotatable bonds is 13. The number of amides is 1. The van der Waals surface area contributed by atoms with Gasteiger partial charge in [-0.3, -0.25) is 9.69 Å². The summed E-state index contributed by atoms with van der Waals surface area (Å²) in [5.41, 5.74) is 5.32. The molecule has 10 heteroatoms. The normalized spacial score (nSPS) is 20.8. The van der Waals surface area contributed by atoms with Gasteiger partial charge in [-0.2, -0.15) is 0 Å². The van der Waals surface area contributed by atoms with Crippen molar-refractivity contribution in [1.29, 1.82) is 0 Å². The molecule has 0 spiro atoms. The summed E-state index contributed by atoms with van der Waals surface area (Å²) in [5.74, 6) is -0.0333. The molecule has 10 nitrogen and oxygen atoms in total. The quantitative estimate of drug-likeness (QED) is 0.278. The van der Waals surface area contributed by atoms with Gasteiger partial charge in [-0.05, 0) is 87.4 Å². The van der Waals surface area contributed by atoms with E-state index in [0.29, 0.717) is 32.3 Å². The Balaban J connectivity index is 1.17. The zero-order chi connectivity index (χ0) is 30.8. The zero-order valence-corrected chi connectivity index (χ0v) is 25.6. The number of benzene rings is 2. The predicted molar refractivity (Wildman–Crippen MR) is 166 cm³/mol. The molecule has 2 fully saturated rings. The Morgan fingerprint density at radius 1 is 1.02 bits per heavy atom. The number of ketones is 1. The van der Waals surface area contributed by atoms with Gasteiger partial charge < -0.3 is 30.1 Å². The van der Waals surface area contributed by atoms with E-state index in [2.05, 4.69) is 34.6 Å². The third-order valence-corrected chi connectivity index (χ3v) is 8.43. The van der Waals surface area contributed by atoms with Crippen LogP contribution in [-0.4, -0.2) is 84.2 Å². The molecule has 1 atom stereocenters. The van der Waals surface area contributed by atoms with Crippen LogP contribution in [0.25, 0.3) is 0 Å². The van der Waals surface area contributed by atoms with Gasteiger partial charge in [0.2, 0.25) is 0 Å². The Hall–Kier alpha value is -3.63. The maximum atomic E-state index is 13.0. The maximum absolute atomic E-state index is 13.0. The minimum absolute atomic E-state index is 0.0224. The van der Waals surface area contributed by atoms with Gasteiger partial charge in [-0.15, -0.1) is 0 Å². The highest BCUT2D eigenvalue weighted by Crippen LogP contribution is 2.28. The highest BCUT2D eigenvalue weighted by Gasteiger charge is 2.28. The monoisotopic (exact) mass is 594 g/mol. The minimum atomic E-state index is -0.851. The summed E-state index contributed by atoms with van der Waals surface area (Å²) in [7, 11) is 0. The number of hydrogen-bond donors (Lipinski definition) is 3. The van der Waals surface area contributed by atoms with E-state index in [4.69, 9.17) is 9.47 Å². The fraction of sp³-hybridized carbons (Fsp3) is 0.545. The highest BCUT2D eigenvalue weighted by atomic mass is 16.6. The second kappa shape index (κ2) is 15.7. The number of Topliss-reactive ketones (excluding diaryl/α,β-unsaturated/α-hetero) is 1. The summed E-state index contributed by atoms with van der Waals surface area (Å²) < 4.78 is 10.4. The average molecular weight is 595 g/mol. The molecule has 1 aliphatic carbocycles. The van der Waals surface area contributed by atoms with Gasteiger partial charge in [-0.1, -0.05) is 18.2 Å². The lowest BCUT2D eigenvalue weighted by Crippen LogP contribution is -2.53. The topological polar surface area (TPSA) is 120 Å². The SMILES string of the molecule is CCOC(=O)COCc1cccc(NC2CCC(C(=O)CNc3ccc(CN4CCN(C(=O)O)[C@@H](C)C4)c(C)c3)CC2)c1. The van der Waals surface area contributed by atoms with Crippen molar-refractivity contribution in [1.82, 2.24) is 9.80 Å². The Morgan fingerprint density at radius 3 is 2.51 bits per heavy atom. The van der Waals surface area contributed by atoms with Crippen LogP contribution < -0.4 is 10.6 Å². The molecular weight excluding hydrogens is 548 g/mol. The number of nitrogens with zero attached hydrogens (tertiary/aromatic N) is 2. The number of piperazine rings is 1. The van der Waals surface area contributed by atoms with Crippen molar-refractivity contribution >= 4 is 29.2 Å². The van der Waals surface area contributed by atoms with Crippen molar-refractivity contribution in [2.45, 2.75) is 71.7 Å². The number of ether oxygens (including phenoxy) is 2. The minimum Gasteiger partial charge on any atom is -0.465 e. The molecule has 43 heavy (non-hydrogen) atoms. The van der Waals surface area contributed by atoms with Gasteiger partial charge in [0, 0.05) is 55.6 Å². The van der Waals surface area contributed by atoms with Crippen LogP contribution in [0.3, 0.4) is 0 Å². The van der Waals surface area contributed by atoms with Crippen molar-refractivity contribution in [3.8, 4) is 0 Å². The van der Waals surface area contributed by atoms with E-state index in [0.717, 1.165) is 67.8 Å². The first-order valence-electron chi connectivity index (χ1n) is 15.4. The summed E-state index contributed by atoms with van der Waals surface area (Å²) in [6, 6.07) is 14.5. The maximum Gasteiger partial charge on any atom is 0.407 e. The first-order valence-corrected chi connectivity index (χ1v) is 15.4. The molecule has 2 aliphatic rings. The Bertz CT molecular complexity index is 1250. The molecule has 4 rings (SSSR count). The number of esters is 1. The molecular formula is C33H46N4O6. The lowest BCUT2D eigenvalue weighted by molar-refractivity contribution is -0.148. The van der Waals surface area contributed by atoms with Crippen LogP contribution in [0.1, 0.15) is 56.2 Å². The molecule has 0 unspecified atom stereocenters. The summed E-state index contributed by atoms with van der Waals surface area (Å²) in [6.07, 6.45) is 2.76. The number of carboxylic acid groups (broad SMARTS) is 1. The Kier molecular flexibility index (Phi) is 11.8. The van der Waals surface area contributed by atoms with Gasteiger partial charge in [0.1, 0.15) is 6.61 Å². The number of nitrogens with one attached hydrogen (secondary N) is 2. The molecule has 2 aromatic rings. The lowest BCUT2D eigenvalue weighted by atomic mass is 9.83. The fourth-order valence-electron chi connectivity index (χ4n) is 6.02. The van der Waals surface area contributed by atoms with E-state index in [9.17, 15) is 19.5 Å². The van der Waals surface area contributed by atoms with E-state index in [1.807, 2.05) is 37.3 Å². The number of carbonyl (C=O) groups is 3. The average Bonchev–Trinajstić information content (AvgIpc) is 2.98. The third-order valence-electron chi connectivity index (χ3n) is 8.43. The number of hydrogen-bond acceptors (Lipinski definition) is 8. The zero-order valence-electron chi connectivity index (χ0n) is 25.6. The molecule has 1 amide bonds. The largest absolute Gasteiger partial charge is 0.465 e. The van der Waals surface area contributed by atoms with Crippen LogP contribution in [0.5, 0.6) is 0 Å². The van der Waals surface area contributed by atoms with E-state index in [1.54, 1.807) is 6.92 Å². The third kappa shape index (κ3) is 9.69. The van der Waals surface area contributed by atoms with Crippen LogP contribution in [0, 0.1) is 12.8 Å². The van der Waals surface area contributed by atoms with Gasteiger partial charge >= 0.3 is 12.1 Å². The Labute approximate surface area is 254 Å². The summed E-state index contributed by atoms with van der Waals surface area (Å²) in [4.78, 5) is 39.6. The molecule has 0 bridgehead atoms. The highest BCUT2D eigenvalue weighted by molar-refractivity contribution is 5.85. The smallest absolute Gasteiger partial charge is 0.407 e. The van der Waals surface area contributed by atoms with Crippen LogP contribution in [-0.2, 0) is 32.2 Å². The van der Waals surface area contributed by atoms with Gasteiger partial charge in [0.15, 0.2) is 5.78 Å². The molecule has 3 N–H and O–H groups in total. The van der Waals surface area contributed by atoms with Crippen LogP contribution in [0.4, 0.5) is 16.2 Å². The van der Waals surface area contributed by atoms with Crippen molar-refractivity contribution in [2.75, 3.05) is 50.0 Å². The number of carbonyl (C=O) groups excluding carboxylic acids is 2. The standard InChI is InChI=1S/C33H46N4O6/c1-4-43-32(39)22-42-21-25-6-5-7-30(17-25)35-28-11-8-26(9-12-28)31(38)18-34-29-13-10-27(23(2)16-29)20-36-14-15-37(33(40)41)24(3)19-36/h5-7,10,13,16-17,24,26,28,34-35H,4,8-9,11-12,14-15,18-22H2,1-3H3,(H,40,41)/t24-,26?,28?/m0/s1. The second-order valence-electron chi connectivity index (χ2n) is 11.7. The summed E-state index contributed by atoms with van der Waals surface area (Å²) >= 11 is 0. The van der Waals surface area contributed by atoms with Gasteiger partial charge in [0.05, 0.1) is 19.8 Å². The molecule has 1 saturated carbocycles. The van der Waals surface area contributed by atoms with Crippen LogP contribution in [0.2, 0.25) is 0 Å². The van der Waals surface area contributed by atoms with Gasteiger partial charge in [-0.25, -0.2) is 9.59 Å². The number of anilines is 2. The van der Waals surface area contributed by atoms with E-state index >= 15 is 0 Å². The molecule has 234 valence electrons. The number of aryl methyl sites for hydroxylation is 1. The van der Waals surface area contributed by atoms with Gasteiger partial charge in [0.25, 0.3) is 0 Å². The van der Waals surface area contributed by atoms with Crippen molar-refractivity contribution in [2.24, 2.45) is 5.92 Å². The molecule has 1 aliphatic heterocycles. The van der Waals surface area contributed by atoms with E-state index < -0.39 is 6.09 Å².